The lowest BCUT2D eigenvalue weighted by Gasteiger charge is -2.15. The van der Waals surface area contributed by atoms with E-state index in [2.05, 4.69) is 10.0 Å². The first-order chi connectivity index (χ1) is 10.4. The van der Waals surface area contributed by atoms with E-state index in [9.17, 15) is 8.42 Å². The highest BCUT2D eigenvalue weighted by molar-refractivity contribution is 7.89. The minimum absolute atomic E-state index is 0.131. The lowest BCUT2D eigenvalue weighted by Crippen LogP contribution is -2.27. The molecule has 4 N–H and O–H groups in total. The highest BCUT2D eigenvalue weighted by Crippen LogP contribution is 2.18. The van der Waals surface area contributed by atoms with Crippen LogP contribution in [0.25, 0.3) is 0 Å². The molecule has 0 aromatic heterocycles. The minimum atomic E-state index is -3.59. The summed E-state index contributed by atoms with van der Waals surface area (Å²) in [6, 6.07) is 15.3. The van der Waals surface area contributed by atoms with E-state index in [1.807, 2.05) is 30.3 Å². The van der Waals surface area contributed by atoms with Crippen LogP contribution in [0.5, 0.6) is 0 Å². The smallest absolute Gasteiger partial charge is 0.241 e. The molecule has 0 saturated carbocycles. The largest absolute Gasteiger partial charge is 0.376 e. The van der Waals surface area contributed by atoms with Gasteiger partial charge in [0, 0.05) is 11.7 Å². The van der Waals surface area contributed by atoms with Gasteiger partial charge in [0.15, 0.2) is 5.11 Å². The van der Waals surface area contributed by atoms with Gasteiger partial charge >= 0.3 is 0 Å². The summed E-state index contributed by atoms with van der Waals surface area (Å²) in [5, 5.41) is 2.88. The van der Waals surface area contributed by atoms with Crippen molar-refractivity contribution in [2.24, 2.45) is 5.73 Å². The van der Waals surface area contributed by atoms with Crippen LogP contribution in [0.3, 0.4) is 0 Å². The van der Waals surface area contributed by atoms with Crippen molar-refractivity contribution in [2.75, 3.05) is 5.32 Å². The Bertz CT molecular complexity index is 744. The fraction of sp³-hybridized carbons (Fsp3) is 0.133. The average Bonchev–Trinajstić information content (AvgIpc) is 2.47. The van der Waals surface area contributed by atoms with Crippen molar-refractivity contribution < 1.29 is 8.42 Å². The molecule has 22 heavy (non-hydrogen) atoms. The van der Waals surface area contributed by atoms with Crippen molar-refractivity contribution in [3.63, 3.8) is 0 Å². The topological polar surface area (TPSA) is 84.2 Å². The van der Waals surface area contributed by atoms with Crippen LogP contribution in [0.2, 0.25) is 0 Å². The first-order valence-corrected chi connectivity index (χ1v) is 8.51. The van der Waals surface area contributed by atoms with Crippen LogP contribution < -0.4 is 15.8 Å². The van der Waals surface area contributed by atoms with Crippen molar-refractivity contribution in [3.05, 3.63) is 60.2 Å². The summed E-state index contributed by atoms with van der Waals surface area (Å²) < 4.78 is 27.4. The average molecular weight is 335 g/mol. The summed E-state index contributed by atoms with van der Waals surface area (Å²) in [7, 11) is -3.59. The third kappa shape index (κ3) is 4.27. The summed E-state index contributed by atoms with van der Waals surface area (Å²) in [5.74, 6) is 0. The molecule has 0 saturated heterocycles. The second-order valence-corrected chi connectivity index (χ2v) is 6.92. The molecule has 0 bridgehead atoms. The number of thiocarbonyl (C=S) groups is 1. The predicted octanol–water partition coefficient (Wildman–Crippen LogP) is 2.38. The van der Waals surface area contributed by atoms with Crippen LogP contribution in [-0.2, 0) is 10.0 Å². The van der Waals surface area contributed by atoms with Gasteiger partial charge in [-0.25, -0.2) is 13.1 Å². The quantitative estimate of drug-likeness (QED) is 0.731. The standard InChI is InChI=1S/C15H17N3O2S2/c1-11(12-5-3-2-4-6-12)18-22(19,20)14-9-7-13(8-10-14)17-15(16)21/h2-11,18H,1H3,(H3,16,17,21). The number of benzene rings is 2. The molecule has 0 aliphatic heterocycles. The molecule has 0 amide bonds. The molecule has 5 nitrogen and oxygen atoms in total. The van der Waals surface area contributed by atoms with Crippen molar-refractivity contribution in [2.45, 2.75) is 17.9 Å². The molecule has 0 radical (unpaired) electrons. The Labute approximate surface area is 135 Å². The Morgan fingerprint density at radius 2 is 1.68 bits per heavy atom. The predicted molar refractivity (Wildman–Crippen MR) is 92.0 cm³/mol. The number of nitrogens with two attached hydrogens (primary N) is 1. The molecule has 1 atom stereocenters. The third-order valence-corrected chi connectivity index (χ3v) is 4.72. The Kier molecular flexibility index (Phi) is 5.12. The van der Waals surface area contributed by atoms with Crippen molar-refractivity contribution >= 4 is 33.0 Å². The van der Waals surface area contributed by atoms with Crippen molar-refractivity contribution in [3.8, 4) is 0 Å². The number of hydrogen-bond acceptors (Lipinski definition) is 3. The minimum Gasteiger partial charge on any atom is -0.376 e. The van der Waals surface area contributed by atoms with Crippen molar-refractivity contribution in [1.29, 1.82) is 0 Å². The van der Waals surface area contributed by atoms with Gasteiger partial charge in [-0.15, -0.1) is 0 Å². The zero-order chi connectivity index (χ0) is 16.2. The number of anilines is 1. The van der Waals surface area contributed by atoms with Gasteiger partial charge < -0.3 is 11.1 Å². The molecule has 7 heteroatoms. The second kappa shape index (κ2) is 6.87. The van der Waals surface area contributed by atoms with Crippen LogP contribution in [-0.4, -0.2) is 13.5 Å². The lowest BCUT2D eigenvalue weighted by molar-refractivity contribution is 0.567. The van der Waals surface area contributed by atoms with Gasteiger partial charge in [-0.05, 0) is 49.0 Å². The summed E-state index contributed by atoms with van der Waals surface area (Å²) in [6.45, 7) is 1.80. The molecule has 0 heterocycles. The molecular formula is C15H17N3O2S2. The molecule has 116 valence electrons. The molecule has 2 rings (SSSR count). The van der Waals surface area contributed by atoms with Crippen LogP contribution >= 0.6 is 12.2 Å². The molecule has 0 fully saturated rings. The van der Waals surface area contributed by atoms with Crippen LogP contribution in [0.1, 0.15) is 18.5 Å². The number of nitrogens with one attached hydrogen (secondary N) is 2. The van der Waals surface area contributed by atoms with E-state index >= 15 is 0 Å². The van der Waals surface area contributed by atoms with Crippen LogP contribution in [0.15, 0.2) is 59.5 Å². The second-order valence-electron chi connectivity index (χ2n) is 4.77. The molecular weight excluding hydrogens is 318 g/mol. The molecule has 2 aromatic rings. The monoisotopic (exact) mass is 335 g/mol. The molecule has 0 aliphatic rings. The molecule has 1 unspecified atom stereocenters. The highest BCUT2D eigenvalue weighted by Gasteiger charge is 2.18. The van der Waals surface area contributed by atoms with E-state index in [0.29, 0.717) is 5.69 Å². The SMILES string of the molecule is CC(NS(=O)(=O)c1ccc(NC(N)=S)cc1)c1ccccc1. The van der Waals surface area contributed by atoms with Crippen molar-refractivity contribution in [1.82, 2.24) is 4.72 Å². The number of rotatable bonds is 5. The van der Waals surface area contributed by atoms with Gasteiger partial charge in [0.25, 0.3) is 0 Å². The molecule has 2 aromatic carbocycles. The maximum absolute atomic E-state index is 12.4. The Hall–Kier alpha value is -1.96. The van der Waals surface area contributed by atoms with Gasteiger partial charge in [0.1, 0.15) is 0 Å². The van der Waals surface area contributed by atoms with Gasteiger partial charge in [0.2, 0.25) is 10.0 Å². The molecule has 0 aliphatic carbocycles. The van der Waals surface area contributed by atoms with Gasteiger partial charge in [0.05, 0.1) is 4.90 Å². The maximum Gasteiger partial charge on any atom is 0.241 e. The van der Waals surface area contributed by atoms with E-state index in [-0.39, 0.29) is 16.0 Å². The summed E-state index contributed by atoms with van der Waals surface area (Å²) in [5.41, 5.74) is 6.91. The normalized spacial score (nSPS) is 12.6. The zero-order valence-corrected chi connectivity index (χ0v) is 13.6. The van der Waals surface area contributed by atoms with Gasteiger partial charge in [-0.3, -0.25) is 0 Å². The van der Waals surface area contributed by atoms with Gasteiger partial charge in [-0.1, -0.05) is 30.3 Å². The van der Waals surface area contributed by atoms with E-state index in [1.54, 1.807) is 19.1 Å². The molecule has 0 spiro atoms. The first-order valence-electron chi connectivity index (χ1n) is 6.62. The Balaban J connectivity index is 2.15. The van der Waals surface area contributed by atoms with E-state index in [1.165, 1.54) is 12.1 Å². The number of hydrogen-bond donors (Lipinski definition) is 3. The first kappa shape index (κ1) is 16.4. The summed E-state index contributed by atoms with van der Waals surface area (Å²) in [6.07, 6.45) is 0. The highest BCUT2D eigenvalue weighted by atomic mass is 32.2. The Morgan fingerprint density at radius 3 is 2.23 bits per heavy atom. The fourth-order valence-electron chi connectivity index (χ4n) is 1.97. The Morgan fingerprint density at radius 1 is 1.09 bits per heavy atom. The zero-order valence-electron chi connectivity index (χ0n) is 12.0. The summed E-state index contributed by atoms with van der Waals surface area (Å²) >= 11 is 4.73. The number of sulfonamides is 1. The van der Waals surface area contributed by atoms with Crippen LogP contribution in [0.4, 0.5) is 5.69 Å². The maximum atomic E-state index is 12.4. The van der Waals surface area contributed by atoms with E-state index < -0.39 is 10.0 Å². The van der Waals surface area contributed by atoms with E-state index in [0.717, 1.165) is 5.56 Å². The van der Waals surface area contributed by atoms with Gasteiger partial charge in [-0.2, -0.15) is 0 Å². The van der Waals surface area contributed by atoms with Crippen LogP contribution in [0, 0.1) is 0 Å². The lowest BCUT2D eigenvalue weighted by atomic mass is 10.1. The summed E-state index contributed by atoms with van der Waals surface area (Å²) in [4.78, 5) is 0.184. The fourth-order valence-corrected chi connectivity index (χ4v) is 3.32. The third-order valence-electron chi connectivity index (χ3n) is 3.06. The van der Waals surface area contributed by atoms with E-state index in [4.69, 9.17) is 18.0 Å².